The van der Waals surface area contributed by atoms with E-state index in [4.69, 9.17) is 0 Å². The lowest BCUT2D eigenvalue weighted by atomic mass is 10.2. The third-order valence-corrected chi connectivity index (χ3v) is 3.75. The molecule has 0 N–H and O–H groups in total. The fraction of sp³-hybridized carbons (Fsp3) is 0.545. The lowest BCUT2D eigenvalue weighted by molar-refractivity contribution is 0.575. The quantitative estimate of drug-likeness (QED) is 0.685. The Morgan fingerprint density at radius 1 is 1.47 bits per heavy atom. The molecule has 0 radical (unpaired) electrons. The summed E-state index contributed by atoms with van der Waals surface area (Å²) in [6, 6.07) is 4.97. The molecular formula is C11H15FN2S. The van der Waals surface area contributed by atoms with Crippen LogP contribution in [0.3, 0.4) is 0 Å². The topological polar surface area (TPSA) is 16.1 Å². The first-order valence-corrected chi connectivity index (χ1v) is 6.07. The van der Waals surface area contributed by atoms with E-state index in [1.54, 1.807) is 6.07 Å². The average molecular weight is 226 g/mol. The SMILES string of the molecule is CC1(C)CN(c2cccc(F)n2)CCS1. The first-order chi connectivity index (χ1) is 7.07. The lowest BCUT2D eigenvalue weighted by Gasteiger charge is -2.38. The predicted molar refractivity (Wildman–Crippen MR) is 62.9 cm³/mol. The molecule has 1 fully saturated rings. The molecule has 0 aromatic carbocycles. The molecule has 0 saturated carbocycles. The summed E-state index contributed by atoms with van der Waals surface area (Å²) in [5, 5.41) is 0. The highest BCUT2D eigenvalue weighted by atomic mass is 32.2. The van der Waals surface area contributed by atoms with E-state index >= 15 is 0 Å². The zero-order chi connectivity index (χ0) is 10.9. The molecule has 1 aromatic rings. The zero-order valence-electron chi connectivity index (χ0n) is 9.03. The van der Waals surface area contributed by atoms with Gasteiger partial charge < -0.3 is 4.90 Å². The van der Waals surface area contributed by atoms with Gasteiger partial charge in [-0.1, -0.05) is 6.07 Å². The van der Waals surface area contributed by atoms with Crippen LogP contribution in [-0.2, 0) is 0 Å². The first kappa shape index (κ1) is 10.7. The van der Waals surface area contributed by atoms with Crippen molar-refractivity contribution in [2.24, 2.45) is 0 Å². The molecule has 0 unspecified atom stereocenters. The molecule has 2 heterocycles. The highest BCUT2D eigenvalue weighted by Crippen LogP contribution is 2.31. The first-order valence-electron chi connectivity index (χ1n) is 5.08. The van der Waals surface area contributed by atoms with Crippen molar-refractivity contribution in [1.29, 1.82) is 0 Å². The van der Waals surface area contributed by atoms with Crippen LogP contribution >= 0.6 is 11.8 Å². The van der Waals surface area contributed by atoms with Crippen molar-refractivity contribution >= 4 is 17.6 Å². The predicted octanol–water partition coefficient (Wildman–Crippen LogP) is 2.55. The van der Waals surface area contributed by atoms with Gasteiger partial charge in [-0.2, -0.15) is 16.2 Å². The minimum absolute atomic E-state index is 0.228. The van der Waals surface area contributed by atoms with Gasteiger partial charge in [0.2, 0.25) is 5.95 Å². The van der Waals surface area contributed by atoms with Gasteiger partial charge in [-0.3, -0.25) is 0 Å². The molecule has 4 heteroatoms. The van der Waals surface area contributed by atoms with Gasteiger partial charge in [0.15, 0.2) is 0 Å². The Labute approximate surface area is 93.9 Å². The largest absolute Gasteiger partial charge is 0.354 e. The van der Waals surface area contributed by atoms with Crippen LogP contribution in [0.4, 0.5) is 10.2 Å². The molecule has 0 bridgehead atoms. The highest BCUT2D eigenvalue weighted by molar-refractivity contribution is 8.00. The van der Waals surface area contributed by atoms with Crippen LogP contribution < -0.4 is 4.90 Å². The van der Waals surface area contributed by atoms with Crippen molar-refractivity contribution in [3.05, 3.63) is 24.1 Å². The van der Waals surface area contributed by atoms with Crippen molar-refractivity contribution in [2.75, 3.05) is 23.7 Å². The van der Waals surface area contributed by atoms with Crippen LogP contribution in [0, 0.1) is 5.95 Å². The molecule has 1 aromatic heterocycles. The Balaban J connectivity index is 2.17. The summed E-state index contributed by atoms with van der Waals surface area (Å²) in [6.45, 7) is 6.30. The minimum Gasteiger partial charge on any atom is -0.354 e. The molecule has 0 amide bonds. The van der Waals surface area contributed by atoms with Gasteiger partial charge in [0.1, 0.15) is 5.82 Å². The molecule has 2 nitrogen and oxygen atoms in total. The summed E-state index contributed by atoms with van der Waals surface area (Å²) >= 11 is 1.96. The van der Waals surface area contributed by atoms with Crippen LogP contribution in [0.1, 0.15) is 13.8 Å². The van der Waals surface area contributed by atoms with E-state index in [1.807, 2.05) is 17.8 Å². The maximum atomic E-state index is 13.0. The smallest absolute Gasteiger partial charge is 0.214 e. The van der Waals surface area contributed by atoms with Crippen LogP contribution in [0.15, 0.2) is 18.2 Å². The molecule has 0 atom stereocenters. The van der Waals surface area contributed by atoms with Crippen molar-refractivity contribution in [1.82, 2.24) is 4.98 Å². The third-order valence-electron chi connectivity index (χ3n) is 2.45. The maximum Gasteiger partial charge on any atom is 0.214 e. The average Bonchev–Trinajstić information content (AvgIpc) is 2.16. The number of anilines is 1. The Morgan fingerprint density at radius 2 is 2.27 bits per heavy atom. The van der Waals surface area contributed by atoms with E-state index in [9.17, 15) is 4.39 Å². The number of rotatable bonds is 1. The van der Waals surface area contributed by atoms with Gasteiger partial charge in [0, 0.05) is 23.6 Å². The van der Waals surface area contributed by atoms with Crippen molar-refractivity contribution in [3.63, 3.8) is 0 Å². The molecule has 15 heavy (non-hydrogen) atoms. The second-order valence-electron chi connectivity index (χ2n) is 4.35. The van der Waals surface area contributed by atoms with Gasteiger partial charge in [0.25, 0.3) is 0 Å². The summed E-state index contributed by atoms with van der Waals surface area (Å²) in [6.07, 6.45) is 0. The number of aromatic nitrogens is 1. The van der Waals surface area contributed by atoms with E-state index in [0.29, 0.717) is 0 Å². The fourth-order valence-electron chi connectivity index (χ4n) is 1.79. The monoisotopic (exact) mass is 226 g/mol. The third kappa shape index (κ3) is 2.62. The molecule has 82 valence electrons. The van der Waals surface area contributed by atoms with Gasteiger partial charge in [-0.25, -0.2) is 4.98 Å². The number of pyridine rings is 1. The van der Waals surface area contributed by atoms with Crippen LogP contribution in [0.2, 0.25) is 0 Å². The Morgan fingerprint density at radius 3 is 2.93 bits per heavy atom. The summed E-state index contributed by atoms with van der Waals surface area (Å²) in [5.41, 5.74) is 0. The van der Waals surface area contributed by atoms with Gasteiger partial charge in [0.05, 0.1) is 0 Å². The molecular weight excluding hydrogens is 211 g/mol. The lowest BCUT2D eigenvalue weighted by Crippen LogP contribution is -2.43. The van der Waals surface area contributed by atoms with Crippen molar-refractivity contribution in [3.8, 4) is 0 Å². The standard InChI is InChI=1S/C11H15FN2S/c1-11(2)8-14(6-7-15-11)10-5-3-4-9(12)13-10/h3-5H,6-8H2,1-2H3. The van der Waals surface area contributed by atoms with Crippen LogP contribution in [0.5, 0.6) is 0 Å². The summed E-state index contributed by atoms with van der Waals surface area (Å²) in [7, 11) is 0. The van der Waals surface area contributed by atoms with E-state index in [1.165, 1.54) is 6.07 Å². The Bertz CT molecular complexity index is 354. The second kappa shape index (κ2) is 4.00. The van der Waals surface area contributed by atoms with E-state index in [2.05, 4.69) is 23.7 Å². The van der Waals surface area contributed by atoms with Gasteiger partial charge in [-0.15, -0.1) is 0 Å². The van der Waals surface area contributed by atoms with Crippen molar-refractivity contribution in [2.45, 2.75) is 18.6 Å². The summed E-state index contributed by atoms with van der Waals surface area (Å²) in [5.74, 6) is 1.43. The van der Waals surface area contributed by atoms with Gasteiger partial charge in [-0.05, 0) is 26.0 Å². The molecule has 0 spiro atoms. The number of thioether (sulfide) groups is 1. The number of halogens is 1. The van der Waals surface area contributed by atoms with E-state index in [-0.39, 0.29) is 4.75 Å². The van der Waals surface area contributed by atoms with Crippen LogP contribution in [0.25, 0.3) is 0 Å². The fourth-order valence-corrected chi connectivity index (χ4v) is 2.90. The molecule has 2 rings (SSSR count). The Hall–Kier alpha value is -0.770. The number of hydrogen-bond acceptors (Lipinski definition) is 3. The minimum atomic E-state index is -0.400. The van der Waals surface area contributed by atoms with Crippen molar-refractivity contribution < 1.29 is 4.39 Å². The molecule has 1 aliphatic rings. The zero-order valence-corrected chi connectivity index (χ0v) is 9.85. The molecule has 0 aliphatic carbocycles. The summed E-state index contributed by atoms with van der Waals surface area (Å²) < 4.78 is 13.2. The normalized spacial score (nSPS) is 20.3. The van der Waals surface area contributed by atoms with E-state index < -0.39 is 5.95 Å². The van der Waals surface area contributed by atoms with Gasteiger partial charge >= 0.3 is 0 Å². The molecule has 1 saturated heterocycles. The molecule has 1 aliphatic heterocycles. The Kier molecular flexibility index (Phi) is 2.87. The highest BCUT2D eigenvalue weighted by Gasteiger charge is 2.27. The second-order valence-corrected chi connectivity index (χ2v) is 6.15. The van der Waals surface area contributed by atoms with Crippen LogP contribution in [-0.4, -0.2) is 28.6 Å². The maximum absolute atomic E-state index is 13.0. The number of nitrogens with zero attached hydrogens (tertiary/aromatic N) is 2. The van der Waals surface area contributed by atoms with E-state index in [0.717, 1.165) is 24.7 Å². The number of hydrogen-bond donors (Lipinski definition) is 0. The summed E-state index contributed by atoms with van der Waals surface area (Å²) in [4.78, 5) is 6.06.